The topological polar surface area (TPSA) is 71.4 Å². The third kappa shape index (κ3) is 3.22. The van der Waals surface area contributed by atoms with E-state index in [2.05, 4.69) is 11.4 Å². The van der Waals surface area contributed by atoms with E-state index in [0.717, 1.165) is 12.3 Å². The molecule has 0 atom stereocenters. The Labute approximate surface area is 126 Å². The zero-order valence-corrected chi connectivity index (χ0v) is 12.5. The fourth-order valence-electron chi connectivity index (χ4n) is 3.55. The number of nitrogens with zero attached hydrogens (tertiary/aromatic N) is 1. The molecule has 1 amide bonds. The van der Waals surface area contributed by atoms with Gasteiger partial charge in [0.05, 0.1) is 19.3 Å². The molecule has 1 aliphatic heterocycles. The van der Waals surface area contributed by atoms with Gasteiger partial charge < -0.3 is 14.8 Å². The molecule has 1 spiro atoms. The standard InChI is InChI=1S/C16H24N2O3/c17-12-15(18-14(19)5-4-13-2-1-3-13)6-8-16(9-7-15)20-10-11-21-16/h13H,1-11H2,(H,18,19). The summed E-state index contributed by atoms with van der Waals surface area (Å²) in [7, 11) is 0. The molecule has 116 valence electrons. The van der Waals surface area contributed by atoms with Crippen molar-refractivity contribution in [1.29, 1.82) is 5.26 Å². The molecule has 0 aromatic heterocycles. The predicted octanol–water partition coefficient (Wildman–Crippen LogP) is 2.26. The fourth-order valence-corrected chi connectivity index (χ4v) is 3.55. The van der Waals surface area contributed by atoms with Gasteiger partial charge in [0.15, 0.2) is 5.79 Å². The summed E-state index contributed by atoms with van der Waals surface area (Å²) in [6, 6.07) is 2.33. The molecule has 2 saturated carbocycles. The molecule has 0 bridgehead atoms. The maximum atomic E-state index is 12.1. The van der Waals surface area contributed by atoms with Gasteiger partial charge in [0.2, 0.25) is 5.91 Å². The smallest absolute Gasteiger partial charge is 0.221 e. The lowest BCUT2D eigenvalue weighted by Crippen LogP contribution is -2.53. The highest BCUT2D eigenvalue weighted by Crippen LogP contribution is 2.40. The number of ether oxygens (including phenoxy) is 2. The molecule has 5 heteroatoms. The van der Waals surface area contributed by atoms with Crippen LogP contribution in [0.2, 0.25) is 0 Å². The van der Waals surface area contributed by atoms with Crippen molar-refractivity contribution < 1.29 is 14.3 Å². The third-order valence-corrected chi connectivity index (χ3v) is 5.28. The first kappa shape index (κ1) is 14.8. The van der Waals surface area contributed by atoms with Gasteiger partial charge in [-0.3, -0.25) is 4.79 Å². The quantitative estimate of drug-likeness (QED) is 0.862. The Balaban J connectivity index is 1.50. The number of hydrogen-bond acceptors (Lipinski definition) is 4. The highest BCUT2D eigenvalue weighted by molar-refractivity contribution is 5.77. The molecule has 0 radical (unpaired) electrons. The average molecular weight is 292 g/mol. The number of carbonyl (C=O) groups is 1. The first-order chi connectivity index (χ1) is 10.2. The zero-order valence-electron chi connectivity index (χ0n) is 12.5. The van der Waals surface area contributed by atoms with Gasteiger partial charge in [0.1, 0.15) is 5.54 Å². The lowest BCUT2D eigenvalue weighted by Gasteiger charge is -2.40. The number of hydrogen-bond donors (Lipinski definition) is 1. The van der Waals surface area contributed by atoms with E-state index in [1.807, 2.05) is 0 Å². The van der Waals surface area contributed by atoms with Gasteiger partial charge in [-0.2, -0.15) is 5.26 Å². The maximum Gasteiger partial charge on any atom is 0.221 e. The molecule has 0 aromatic rings. The van der Waals surface area contributed by atoms with Crippen molar-refractivity contribution >= 4 is 5.91 Å². The second kappa shape index (κ2) is 5.94. The van der Waals surface area contributed by atoms with E-state index in [1.54, 1.807) is 0 Å². The number of nitriles is 1. The summed E-state index contributed by atoms with van der Waals surface area (Å²) in [6.07, 6.45) is 7.91. The van der Waals surface area contributed by atoms with E-state index >= 15 is 0 Å². The number of amides is 1. The molecular weight excluding hydrogens is 268 g/mol. The Morgan fingerprint density at radius 2 is 1.86 bits per heavy atom. The summed E-state index contributed by atoms with van der Waals surface area (Å²) in [5.74, 6) is 0.258. The lowest BCUT2D eigenvalue weighted by molar-refractivity contribution is -0.183. The Morgan fingerprint density at radius 1 is 1.19 bits per heavy atom. The molecule has 2 aliphatic carbocycles. The van der Waals surface area contributed by atoms with Crippen LogP contribution in [0.25, 0.3) is 0 Å². The van der Waals surface area contributed by atoms with Crippen LogP contribution in [0.15, 0.2) is 0 Å². The van der Waals surface area contributed by atoms with Crippen LogP contribution in [0.3, 0.4) is 0 Å². The van der Waals surface area contributed by atoms with E-state index in [0.29, 0.717) is 45.3 Å². The molecular formula is C16H24N2O3. The van der Waals surface area contributed by atoms with Crippen LogP contribution >= 0.6 is 0 Å². The Bertz CT molecular complexity index is 423. The van der Waals surface area contributed by atoms with Crippen molar-refractivity contribution in [2.45, 2.75) is 69.1 Å². The van der Waals surface area contributed by atoms with Gasteiger partial charge >= 0.3 is 0 Å². The number of rotatable bonds is 4. The SMILES string of the molecule is N#CC1(NC(=O)CCC2CCC2)CCC2(CC1)OCCO2. The van der Waals surface area contributed by atoms with Crippen LogP contribution in [0.1, 0.15) is 57.8 Å². The lowest BCUT2D eigenvalue weighted by atomic mass is 9.79. The van der Waals surface area contributed by atoms with Crippen molar-refractivity contribution in [3.05, 3.63) is 0 Å². The summed E-state index contributed by atoms with van der Waals surface area (Å²) in [4.78, 5) is 12.1. The minimum atomic E-state index is -0.725. The molecule has 1 saturated heterocycles. The van der Waals surface area contributed by atoms with Crippen molar-refractivity contribution in [2.24, 2.45) is 5.92 Å². The van der Waals surface area contributed by atoms with Gasteiger partial charge in [-0.05, 0) is 25.2 Å². The first-order valence-corrected chi connectivity index (χ1v) is 8.16. The van der Waals surface area contributed by atoms with Crippen molar-refractivity contribution in [1.82, 2.24) is 5.32 Å². The minimum absolute atomic E-state index is 0.0210. The molecule has 21 heavy (non-hydrogen) atoms. The van der Waals surface area contributed by atoms with Gasteiger partial charge in [0, 0.05) is 19.3 Å². The summed E-state index contributed by atoms with van der Waals surface area (Å²) in [5.41, 5.74) is -0.725. The summed E-state index contributed by atoms with van der Waals surface area (Å²) in [5, 5.41) is 12.5. The Kier molecular flexibility index (Phi) is 4.19. The molecule has 0 aromatic carbocycles. The van der Waals surface area contributed by atoms with Crippen LogP contribution in [0, 0.1) is 17.2 Å². The van der Waals surface area contributed by atoms with Gasteiger partial charge in [-0.1, -0.05) is 19.3 Å². The van der Waals surface area contributed by atoms with Crippen molar-refractivity contribution in [3.63, 3.8) is 0 Å². The van der Waals surface area contributed by atoms with Crippen LogP contribution in [0.4, 0.5) is 0 Å². The third-order valence-electron chi connectivity index (χ3n) is 5.28. The Hall–Kier alpha value is -1.12. The van der Waals surface area contributed by atoms with Gasteiger partial charge in [0.25, 0.3) is 0 Å². The van der Waals surface area contributed by atoms with E-state index in [-0.39, 0.29) is 5.91 Å². The van der Waals surface area contributed by atoms with Gasteiger partial charge in [-0.25, -0.2) is 0 Å². The van der Waals surface area contributed by atoms with E-state index < -0.39 is 11.3 Å². The molecule has 3 fully saturated rings. The van der Waals surface area contributed by atoms with Crippen LogP contribution in [-0.2, 0) is 14.3 Å². The van der Waals surface area contributed by atoms with E-state index in [1.165, 1.54) is 19.3 Å². The number of carbonyl (C=O) groups excluding carboxylic acids is 1. The molecule has 1 heterocycles. The molecule has 3 aliphatic rings. The normalized spacial score (nSPS) is 27.0. The predicted molar refractivity (Wildman–Crippen MR) is 76.2 cm³/mol. The first-order valence-electron chi connectivity index (χ1n) is 8.16. The van der Waals surface area contributed by atoms with Crippen molar-refractivity contribution in [2.75, 3.05) is 13.2 Å². The largest absolute Gasteiger partial charge is 0.348 e. The average Bonchev–Trinajstić information content (AvgIpc) is 2.89. The van der Waals surface area contributed by atoms with Crippen LogP contribution < -0.4 is 5.32 Å². The highest BCUT2D eigenvalue weighted by atomic mass is 16.7. The second-order valence-corrected chi connectivity index (χ2v) is 6.69. The second-order valence-electron chi connectivity index (χ2n) is 6.69. The maximum absolute atomic E-state index is 12.1. The van der Waals surface area contributed by atoms with Crippen molar-refractivity contribution in [3.8, 4) is 6.07 Å². The molecule has 3 rings (SSSR count). The number of nitrogens with one attached hydrogen (secondary N) is 1. The van der Waals surface area contributed by atoms with E-state index in [9.17, 15) is 10.1 Å². The molecule has 5 nitrogen and oxygen atoms in total. The fraction of sp³-hybridized carbons (Fsp3) is 0.875. The zero-order chi connectivity index (χ0) is 14.8. The van der Waals surface area contributed by atoms with E-state index in [4.69, 9.17) is 9.47 Å². The molecule has 0 unspecified atom stereocenters. The monoisotopic (exact) mass is 292 g/mol. The van der Waals surface area contributed by atoms with Gasteiger partial charge in [-0.15, -0.1) is 0 Å². The summed E-state index contributed by atoms with van der Waals surface area (Å²) < 4.78 is 11.4. The van der Waals surface area contributed by atoms with Crippen LogP contribution in [0.5, 0.6) is 0 Å². The minimum Gasteiger partial charge on any atom is -0.348 e. The molecule has 1 N–H and O–H groups in total. The van der Waals surface area contributed by atoms with Crippen LogP contribution in [-0.4, -0.2) is 30.4 Å². The Morgan fingerprint density at radius 3 is 2.38 bits per heavy atom. The highest BCUT2D eigenvalue weighted by Gasteiger charge is 2.47. The summed E-state index contributed by atoms with van der Waals surface area (Å²) in [6.45, 7) is 1.26. The summed E-state index contributed by atoms with van der Waals surface area (Å²) >= 11 is 0.